The van der Waals surface area contributed by atoms with Gasteiger partial charge in [-0.05, 0) is 23.8 Å². The number of para-hydroxylation sites is 1. The molecular weight excluding hydrogens is 250 g/mol. The molecule has 1 aliphatic rings. The zero-order chi connectivity index (χ0) is 13.8. The number of hydrogen-bond acceptors (Lipinski definition) is 2. The number of nitrogens with one attached hydrogen (secondary N) is 2. The van der Waals surface area contributed by atoms with Gasteiger partial charge in [0.25, 0.3) is 0 Å². The van der Waals surface area contributed by atoms with E-state index >= 15 is 0 Å². The topological polar surface area (TPSA) is 53.5 Å². The second kappa shape index (κ2) is 5.40. The summed E-state index contributed by atoms with van der Waals surface area (Å²) in [5.41, 5.74) is 2.47. The highest BCUT2D eigenvalue weighted by molar-refractivity contribution is 6.17. The third kappa shape index (κ3) is 2.75. The average molecular weight is 263 g/mol. The van der Waals surface area contributed by atoms with Gasteiger partial charge in [0.15, 0.2) is 5.84 Å². The van der Waals surface area contributed by atoms with Crippen molar-refractivity contribution >= 4 is 23.6 Å². The first-order valence-electron chi connectivity index (χ1n) is 6.30. The Morgan fingerprint density at radius 2 is 1.50 bits per heavy atom. The van der Waals surface area contributed by atoms with Crippen LogP contribution >= 0.6 is 0 Å². The van der Waals surface area contributed by atoms with Crippen molar-refractivity contribution in [2.45, 2.75) is 0 Å². The number of urea groups is 1. The number of hydrogen-bond donors (Lipinski definition) is 2. The van der Waals surface area contributed by atoms with Crippen molar-refractivity contribution in [3.8, 4) is 0 Å². The smallest absolute Gasteiger partial charge is 0.304 e. The van der Waals surface area contributed by atoms with Crippen LogP contribution in [0.25, 0.3) is 6.08 Å². The molecule has 3 rings (SSSR count). The second-order valence-electron chi connectivity index (χ2n) is 4.34. The summed E-state index contributed by atoms with van der Waals surface area (Å²) in [6.45, 7) is 0. The van der Waals surface area contributed by atoms with Crippen LogP contribution < -0.4 is 10.6 Å². The number of carbonyl (C=O) groups excluding carboxylic acids is 1. The quantitative estimate of drug-likeness (QED) is 0.859. The Morgan fingerprint density at radius 3 is 2.20 bits per heavy atom. The Bertz CT molecular complexity index is 616. The van der Waals surface area contributed by atoms with Gasteiger partial charge in [-0.2, -0.15) is 0 Å². The first kappa shape index (κ1) is 12.2. The molecule has 0 bridgehead atoms. The van der Waals surface area contributed by atoms with E-state index in [4.69, 9.17) is 0 Å². The maximum Gasteiger partial charge on any atom is 0.325 e. The maximum absolute atomic E-state index is 11.5. The van der Waals surface area contributed by atoms with Crippen LogP contribution in [0.3, 0.4) is 0 Å². The van der Waals surface area contributed by atoms with Crippen LogP contribution in [0.1, 0.15) is 5.56 Å². The van der Waals surface area contributed by atoms with Crippen molar-refractivity contribution in [3.05, 3.63) is 71.9 Å². The van der Waals surface area contributed by atoms with Gasteiger partial charge in [-0.25, -0.2) is 9.79 Å². The van der Waals surface area contributed by atoms with Gasteiger partial charge >= 0.3 is 6.03 Å². The van der Waals surface area contributed by atoms with Crippen LogP contribution in [0.2, 0.25) is 0 Å². The molecule has 0 aromatic heterocycles. The lowest BCUT2D eigenvalue weighted by Crippen LogP contribution is -2.22. The standard InChI is InChI=1S/C16H13N3O/c20-16-18-14(11-12-7-3-1-4-8-12)15(19-16)17-13-9-5-2-6-10-13/h1-11H,(H2,17,18,19,20). The Balaban J connectivity index is 1.95. The van der Waals surface area contributed by atoms with Crippen molar-refractivity contribution in [2.75, 3.05) is 0 Å². The molecule has 1 fully saturated rings. The van der Waals surface area contributed by atoms with Crippen LogP contribution in [-0.2, 0) is 0 Å². The molecule has 0 atom stereocenters. The summed E-state index contributed by atoms with van der Waals surface area (Å²) in [5.74, 6) is 0.532. The number of aliphatic imine (C=N–C) groups is 1. The molecule has 0 unspecified atom stereocenters. The highest BCUT2D eigenvalue weighted by Gasteiger charge is 2.21. The third-order valence-corrected chi connectivity index (χ3v) is 2.84. The number of nitrogens with zero attached hydrogens (tertiary/aromatic N) is 1. The van der Waals surface area contributed by atoms with E-state index in [9.17, 15) is 4.79 Å². The van der Waals surface area contributed by atoms with Gasteiger partial charge in [-0.1, -0.05) is 48.5 Å². The van der Waals surface area contributed by atoms with Gasteiger partial charge < -0.3 is 5.32 Å². The molecule has 2 N–H and O–H groups in total. The summed E-state index contributed by atoms with van der Waals surface area (Å²) in [5, 5.41) is 5.46. The Hall–Kier alpha value is -2.88. The van der Waals surface area contributed by atoms with E-state index in [1.54, 1.807) is 0 Å². The lowest BCUT2D eigenvalue weighted by Gasteiger charge is -2.00. The van der Waals surface area contributed by atoms with E-state index in [2.05, 4.69) is 15.6 Å². The summed E-state index contributed by atoms with van der Waals surface area (Å²) >= 11 is 0. The third-order valence-electron chi connectivity index (χ3n) is 2.84. The first-order valence-corrected chi connectivity index (χ1v) is 6.30. The fraction of sp³-hybridized carbons (Fsp3) is 0. The molecule has 0 saturated carbocycles. The summed E-state index contributed by atoms with van der Waals surface area (Å²) < 4.78 is 0. The Kier molecular flexibility index (Phi) is 3.29. The minimum absolute atomic E-state index is 0.262. The Labute approximate surface area is 116 Å². The SMILES string of the molecule is O=C1NC(=Cc2ccccc2)C(=Nc2ccccc2)N1. The monoisotopic (exact) mass is 263 g/mol. The van der Waals surface area contributed by atoms with Gasteiger partial charge in [0, 0.05) is 0 Å². The van der Waals surface area contributed by atoms with E-state index in [0.717, 1.165) is 11.3 Å². The number of amidine groups is 1. The molecule has 98 valence electrons. The zero-order valence-electron chi connectivity index (χ0n) is 10.7. The van der Waals surface area contributed by atoms with Crippen LogP contribution in [0.4, 0.5) is 10.5 Å². The second-order valence-corrected chi connectivity index (χ2v) is 4.34. The molecule has 2 aromatic carbocycles. The van der Waals surface area contributed by atoms with Gasteiger partial charge in [0.05, 0.1) is 11.4 Å². The van der Waals surface area contributed by atoms with Gasteiger partial charge in [-0.3, -0.25) is 5.32 Å². The van der Waals surface area contributed by atoms with Gasteiger partial charge in [0.1, 0.15) is 0 Å². The fourth-order valence-electron chi connectivity index (χ4n) is 1.93. The molecule has 4 heteroatoms. The molecule has 0 aliphatic carbocycles. The van der Waals surface area contributed by atoms with E-state index < -0.39 is 0 Å². The summed E-state index contributed by atoms with van der Waals surface area (Å²) in [4.78, 5) is 15.9. The zero-order valence-corrected chi connectivity index (χ0v) is 10.7. The molecule has 20 heavy (non-hydrogen) atoms. The van der Waals surface area contributed by atoms with Crippen molar-refractivity contribution in [2.24, 2.45) is 4.99 Å². The highest BCUT2D eigenvalue weighted by Crippen LogP contribution is 2.14. The first-order chi connectivity index (χ1) is 9.81. The van der Waals surface area contributed by atoms with E-state index in [1.807, 2.05) is 66.7 Å². The van der Waals surface area contributed by atoms with Crippen LogP contribution in [-0.4, -0.2) is 11.9 Å². The minimum Gasteiger partial charge on any atom is -0.304 e. The van der Waals surface area contributed by atoms with E-state index in [0.29, 0.717) is 11.5 Å². The molecular formula is C16H13N3O. The molecule has 1 aliphatic heterocycles. The van der Waals surface area contributed by atoms with Crippen LogP contribution in [0.15, 0.2) is 71.4 Å². The highest BCUT2D eigenvalue weighted by atomic mass is 16.2. The maximum atomic E-state index is 11.5. The minimum atomic E-state index is -0.262. The molecule has 2 amide bonds. The number of carbonyl (C=O) groups is 1. The molecule has 1 saturated heterocycles. The number of amides is 2. The fourth-order valence-corrected chi connectivity index (χ4v) is 1.93. The predicted octanol–water partition coefficient (Wildman–Crippen LogP) is 3.07. The van der Waals surface area contributed by atoms with Crippen molar-refractivity contribution in [1.82, 2.24) is 10.6 Å². The summed E-state index contributed by atoms with van der Waals surface area (Å²) in [7, 11) is 0. The molecule has 0 radical (unpaired) electrons. The van der Waals surface area contributed by atoms with Crippen molar-refractivity contribution < 1.29 is 4.79 Å². The van der Waals surface area contributed by atoms with E-state index in [-0.39, 0.29) is 6.03 Å². The van der Waals surface area contributed by atoms with Crippen molar-refractivity contribution in [3.63, 3.8) is 0 Å². The molecule has 4 nitrogen and oxygen atoms in total. The van der Waals surface area contributed by atoms with Gasteiger partial charge in [0.2, 0.25) is 0 Å². The normalized spacial score (nSPS) is 18.1. The van der Waals surface area contributed by atoms with Crippen molar-refractivity contribution in [1.29, 1.82) is 0 Å². The predicted molar refractivity (Wildman–Crippen MR) is 79.6 cm³/mol. The Morgan fingerprint density at radius 1 is 0.850 bits per heavy atom. The van der Waals surface area contributed by atoms with E-state index in [1.165, 1.54) is 0 Å². The number of rotatable bonds is 2. The summed E-state index contributed by atoms with van der Waals surface area (Å²) in [6.07, 6.45) is 1.89. The van der Waals surface area contributed by atoms with Crippen LogP contribution in [0.5, 0.6) is 0 Å². The summed E-state index contributed by atoms with van der Waals surface area (Å²) in [6, 6.07) is 19.0. The van der Waals surface area contributed by atoms with Gasteiger partial charge in [-0.15, -0.1) is 0 Å². The van der Waals surface area contributed by atoms with Crippen LogP contribution in [0, 0.1) is 0 Å². The molecule has 1 heterocycles. The molecule has 2 aromatic rings. The average Bonchev–Trinajstić information content (AvgIpc) is 2.81. The number of benzene rings is 2. The largest absolute Gasteiger partial charge is 0.325 e. The molecule has 0 spiro atoms. The lowest BCUT2D eigenvalue weighted by molar-refractivity contribution is 0.250. The lowest BCUT2D eigenvalue weighted by atomic mass is 10.2.